The van der Waals surface area contributed by atoms with Crippen LogP contribution >= 0.6 is 0 Å². The predicted molar refractivity (Wildman–Crippen MR) is 59.6 cm³/mol. The van der Waals surface area contributed by atoms with Crippen molar-refractivity contribution in [3.05, 3.63) is 0 Å². The van der Waals surface area contributed by atoms with Gasteiger partial charge in [0, 0.05) is 18.8 Å². The number of nitrogens with one attached hydrogen (secondary N) is 1. The van der Waals surface area contributed by atoms with Crippen molar-refractivity contribution in [3.8, 4) is 0 Å². The van der Waals surface area contributed by atoms with Gasteiger partial charge in [0.05, 0.1) is 0 Å². The lowest BCUT2D eigenvalue weighted by atomic mass is 9.67. The van der Waals surface area contributed by atoms with Crippen molar-refractivity contribution in [2.24, 2.45) is 11.3 Å². The highest BCUT2D eigenvalue weighted by molar-refractivity contribution is 5.99. The molecule has 1 aliphatic rings. The summed E-state index contributed by atoms with van der Waals surface area (Å²) in [5.74, 6) is -1.13. The average Bonchev–Trinajstić information content (AvgIpc) is 2.13. The highest BCUT2D eigenvalue weighted by atomic mass is 19.4. The Kier molecular flexibility index (Phi) is 4.40. The van der Waals surface area contributed by atoms with Gasteiger partial charge in [-0.25, -0.2) is 0 Å². The SMILES string of the molecule is CCC1C(=O)NC(=O)CC1(C)CCCC(F)(F)F. The summed E-state index contributed by atoms with van der Waals surface area (Å²) >= 11 is 0. The van der Waals surface area contributed by atoms with E-state index in [2.05, 4.69) is 5.32 Å². The van der Waals surface area contributed by atoms with Gasteiger partial charge in [-0.2, -0.15) is 13.2 Å². The number of carbonyl (C=O) groups is 2. The highest BCUT2D eigenvalue weighted by Gasteiger charge is 2.44. The normalized spacial score (nSPS) is 29.3. The zero-order valence-electron chi connectivity index (χ0n) is 10.6. The summed E-state index contributed by atoms with van der Waals surface area (Å²) in [6.45, 7) is 3.54. The minimum Gasteiger partial charge on any atom is -0.296 e. The van der Waals surface area contributed by atoms with E-state index in [1.807, 2.05) is 6.92 Å². The van der Waals surface area contributed by atoms with Gasteiger partial charge < -0.3 is 0 Å². The Hall–Kier alpha value is -1.07. The first-order valence-electron chi connectivity index (χ1n) is 6.08. The molecule has 1 fully saturated rings. The Morgan fingerprint density at radius 2 is 2.00 bits per heavy atom. The molecular weight excluding hydrogens is 247 g/mol. The van der Waals surface area contributed by atoms with Gasteiger partial charge in [-0.05, 0) is 24.7 Å². The Labute approximate surface area is 104 Å². The molecule has 0 aliphatic carbocycles. The van der Waals surface area contributed by atoms with Gasteiger partial charge in [-0.1, -0.05) is 13.8 Å². The third-order valence-electron chi connectivity index (χ3n) is 3.60. The summed E-state index contributed by atoms with van der Waals surface area (Å²) in [6, 6.07) is 0. The van der Waals surface area contributed by atoms with Gasteiger partial charge in [-0.15, -0.1) is 0 Å². The van der Waals surface area contributed by atoms with Crippen LogP contribution in [0.15, 0.2) is 0 Å². The van der Waals surface area contributed by atoms with Crippen molar-refractivity contribution < 1.29 is 22.8 Å². The molecule has 6 heteroatoms. The van der Waals surface area contributed by atoms with Crippen molar-refractivity contribution in [2.75, 3.05) is 0 Å². The fraction of sp³-hybridized carbons (Fsp3) is 0.833. The maximum absolute atomic E-state index is 12.1. The molecule has 1 rings (SSSR count). The largest absolute Gasteiger partial charge is 0.389 e. The van der Waals surface area contributed by atoms with E-state index < -0.39 is 18.0 Å². The fourth-order valence-corrected chi connectivity index (χ4v) is 2.71. The molecule has 0 saturated carbocycles. The maximum Gasteiger partial charge on any atom is 0.389 e. The predicted octanol–water partition coefficient (Wildman–Crippen LogP) is 2.80. The second kappa shape index (κ2) is 5.28. The molecule has 1 saturated heterocycles. The highest BCUT2D eigenvalue weighted by Crippen LogP contribution is 2.41. The first-order chi connectivity index (χ1) is 8.18. The van der Waals surface area contributed by atoms with Crippen LogP contribution in [0.25, 0.3) is 0 Å². The topological polar surface area (TPSA) is 46.2 Å². The molecule has 2 unspecified atom stereocenters. The molecule has 18 heavy (non-hydrogen) atoms. The molecule has 2 amide bonds. The second-order valence-electron chi connectivity index (χ2n) is 5.17. The number of halogens is 3. The lowest BCUT2D eigenvalue weighted by Gasteiger charge is -2.39. The number of alkyl halides is 3. The van der Waals surface area contributed by atoms with Crippen molar-refractivity contribution in [3.63, 3.8) is 0 Å². The Morgan fingerprint density at radius 3 is 2.50 bits per heavy atom. The first-order valence-corrected chi connectivity index (χ1v) is 6.08. The molecular formula is C12H18F3NO2. The summed E-state index contributed by atoms with van der Waals surface area (Å²) in [5, 5.41) is 2.24. The van der Waals surface area contributed by atoms with Crippen LogP contribution in [0.5, 0.6) is 0 Å². The fourth-order valence-electron chi connectivity index (χ4n) is 2.71. The van der Waals surface area contributed by atoms with E-state index in [1.54, 1.807) is 6.92 Å². The lowest BCUT2D eigenvalue weighted by Crippen LogP contribution is -2.50. The Bertz CT molecular complexity index is 341. The van der Waals surface area contributed by atoms with Crippen molar-refractivity contribution in [2.45, 2.75) is 52.1 Å². The minimum atomic E-state index is -4.18. The number of carbonyl (C=O) groups excluding carboxylic acids is 2. The van der Waals surface area contributed by atoms with E-state index in [0.717, 1.165) is 0 Å². The van der Waals surface area contributed by atoms with Crippen LogP contribution in [0.2, 0.25) is 0 Å². The quantitative estimate of drug-likeness (QED) is 0.794. The number of rotatable bonds is 4. The summed E-state index contributed by atoms with van der Waals surface area (Å²) in [5.41, 5.74) is -0.653. The van der Waals surface area contributed by atoms with Crippen molar-refractivity contribution in [1.29, 1.82) is 0 Å². The average molecular weight is 265 g/mol. The van der Waals surface area contributed by atoms with E-state index in [-0.39, 0.29) is 37.0 Å². The molecule has 0 radical (unpaired) electrons. The lowest BCUT2D eigenvalue weighted by molar-refractivity contribution is -0.145. The van der Waals surface area contributed by atoms with Gasteiger partial charge in [0.2, 0.25) is 11.8 Å². The molecule has 1 N–H and O–H groups in total. The molecule has 2 atom stereocenters. The number of hydrogen-bond acceptors (Lipinski definition) is 2. The third-order valence-corrected chi connectivity index (χ3v) is 3.60. The molecule has 1 aliphatic heterocycles. The monoisotopic (exact) mass is 265 g/mol. The van der Waals surface area contributed by atoms with Crippen molar-refractivity contribution >= 4 is 11.8 Å². The van der Waals surface area contributed by atoms with E-state index in [1.165, 1.54) is 0 Å². The number of imide groups is 1. The van der Waals surface area contributed by atoms with Gasteiger partial charge in [-0.3, -0.25) is 14.9 Å². The van der Waals surface area contributed by atoms with E-state index >= 15 is 0 Å². The number of hydrogen-bond donors (Lipinski definition) is 1. The molecule has 0 aromatic rings. The Morgan fingerprint density at radius 1 is 1.39 bits per heavy atom. The molecule has 0 spiro atoms. The summed E-state index contributed by atoms with van der Waals surface area (Å²) < 4.78 is 36.4. The summed E-state index contributed by atoms with van der Waals surface area (Å²) in [7, 11) is 0. The number of piperidine rings is 1. The van der Waals surface area contributed by atoms with Crippen LogP contribution in [0.3, 0.4) is 0 Å². The zero-order chi connectivity index (χ0) is 14.0. The van der Waals surface area contributed by atoms with E-state index in [9.17, 15) is 22.8 Å². The molecule has 0 aromatic heterocycles. The van der Waals surface area contributed by atoms with Gasteiger partial charge >= 0.3 is 6.18 Å². The summed E-state index contributed by atoms with van der Waals surface area (Å²) in [6.07, 6.45) is -4.20. The van der Waals surface area contributed by atoms with Crippen LogP contribution in [0.1, 0.15) is 46.0 Å². The van der Waals surface area contributed by atoms with E-state index in [0.29, 0.717) is 6.42 Å². The molecule has 0 aromatic carbocycles. The van der Waals surface area contributed by atoms with Crippen LogP contribution in [0, 0.1) is 11.3 Å². The second-order valence-corrected chi connectivity index (χ2v) is 5.17. The van der Waals surface area contributed by atoms with Gasteiger partial charge in [0.1, 0.15) is 0 Å². The van der Waals surface area contributed by atoms with Gasteiger partial charge in [0.15, 0.2) is 0 Å². The van der Waals surface area contributed by atoms with Crippen LogP contribution in [0.4, 0.5) is 13.2 Å². The standard InChI is InChI=1S/C12H18F3NO2/c1-3-8-10(18)16-9(17)7-11(8,2)5-4-6-12(13,14)15/h8H,3-7H2,1-2H3,(H,16,17,18). The van der Waals surface area contributed by atoms with Crippen LogP contribution in [-0.2, 0) is 9.59 Å². The zero-order valence-corrected chi connectivity index (χ0v) is 10.6. The van der Waals surface area contributed by atoms with Crippen LogP contribution < -0.4 is 5.32 Å². The maximum atomic E-state index is 12.1. The molecule has 104 valence electrons. The first kappa shape index (κ1) is 15.0. The minimum absolute atomic E-state index is 0.0446. The van der Waals surface area contributed by atoms with Crippen molar-refractivity contribution in [1.82, 2.24) is 5.32 Å². The van der Waals surface area contributed by atoms with Gasteiger partial charge in [0.25, 0.3) is 0 Å². The third kappa shape index (κ3) is 3.71. The molecule has 3 nitrogen and oxygen atoms in total. The Balaban J connectivity index is 2.68. The molecule has 0 bridgehead atoms. The van der Waals surface area contributed by atoms with E-state index in [4.69, 9.17) is 0 Å². The smallest absolute Gasteiger partial charge is 0.296 e. The number of amides is 2. The molecule has 1 heterocycles. The van der Waals surface area contributed by atoms with Crippen LogP contribution in [-0.4, -0.2) is 18.0 Å². The summed E-state index contributed by atoms with van der Waals surface area (Å²) in [4.78, 5) is 23.0.